The Labute approximate surface area is 150 Å². The number of hydrogen-bond donors (Lipinski definition) is 3. The number of benzene rings is 2. The minimum Gasteiger partial charge on any atom is -0.325 e. The summed E-state index contributed by atoms with van der Waals surface area (Å²) < 4.78 is 49.7. The third-order valence-corrected chi connectivity index (χ3v) is 5.58. The third kappa shape index (κ3) is 4.92. The molecule has 4 N–H and O–H groups in total. The second kappa shape index (κ2) is 7.00. The smallest absolute Gasteiger partial charge is 0.261 e. The van der Waals surface area contributed by atoms with Crippen molar-refractivity contribution in [2.45, 2.75) is 16.7 Å². The molecule has 0 aliphatic rings. The van der Waals surface area contributed by atoms with Crippen molar-refractivity contribution in [3.8, 4) is 0 Å². The molecule has 0 bridgehead atoms. The molecule has 2 rings (SSSR count). The largest absolute Gasteiger partial charge is 0.325 e. The average Bonchev–Trinajstić information content (AvgIpc) is 2.47. The van der Waals surface area contributed by atoms with E-state index in [0.29, 0.717) is 0 Å². The van der Waals surface area contributed by atoms with Crippen molar-refractivity contribution in [3.63, 3.8) is 0 Å². The van der Waals surface area contributed by atoms with E-state index in [0.717, 1.165) is 6.07 Å². The summed E-state index contributed by atoms with van der Waals surface area (Å²) in [6.07, 6.45) is 0. The number of amides is 1. The summed E-state index contributed by atoms with van der Waals surface area (Å²) in [4.78, 5) is 10.7. The van der Waals surface area contributed by atoms with Crippen LogP contribution in [0.2, 0.25) is 5.02 Å². The fourth-order valence-electron chi connectivity index (χ4n) is 1.90. The molecule has 0 aromatic heterocycles. The van der Waals surface area contributed by atoms with E-state index in [-0.39, 0.29) is 32.1 Å². The van der Waals surface area contributed by atoms with Crippen LogP contribution in [0.3, 0.4) is 0 Å². The third-order valence-electron chi connectivity index (χ3n) is 2.98. The van der Waals surface area contributed by atoms with Gasteiger partial charge in [-0.3, -0.25) is 9.52 Å². The van der Waals surface area contributed by atoms with Gasteiger partial charge in [-0.25, -0.2) is 22.0 Å². The lowest BCUT2D eigenvalue weighted by Gasteiger charge is -2.11. The molecule has 134 valence electrons. The van der Waals surface area contributed by atoms with E-state index in [1.807, 2.05) is 0 Å². The molecule has 0 atom stereocenters. The number of halogens is 1. The van der Waals surface area contributed by atoms with Gasteiger partial charge in [0.2, 0.25) is 15.9 Å². The van der Waals surface area contributed by atoms with Crippen LogP contribution in [-0.2, 0) is 24.8 Å². The first-order valence-electron chi connectivity index (χ1n) is 6.72. The topological polar surface area (TPSA) is 135 Å². The minimum absolute atomic E-state index is 0.0218. The Morgan fingerprint density at radius 1 is 1.04 bits per heavy atom. The fraction of sp³-hybridized carbons (Fsp3) is 0.0714. The number of hydrogen-bond acceptors (Lipinski definition) is 5. The molecule has 0 heterocycles. The molecular weight excluding hydrogens is 390 g/mol. The van der Waals surface area contributed by atoms with E-state index >= 15 is 0 Å². The quantitative estimate of drug-likeness (QED) is 0.698. The lowest BCUT2D eigenvalue weighted by atomic mass is 10.3. The highest BCUT2D eigenvalue weighted by Gasteiger charge is 2.17. The number of carbonyl (C=O) groups is 1. The van der Waals surface area contributed by atoms with Crippen LogP contribution in [0.4, 0.5) is 11.4 Å². The Morgan fingerprint density at radius 3 is 2.28 bits per heavy atom. The molecule has 0 fully saturated rings. The van der Waals surface area contributed by atoms with Crippen LogP contribution in [-0.4, -0.2) is 22.7 Å². The highest BCUT2D eigenvalue weighted by atomic mass is 35.5. The molecule has 2 aromatic rings. The molecule has 0 radical (unpaired) electrons. The van der Waals surface area contributed by atoms with Crippen LogP contribution in [0.1, 0.15) is 6.92 Å². The Balaban J connectivity index is 2.34. The van der Waals surface area contributed by atoms with Crippen molar-refractivity contribution in [1.82, 2.24) is 0 Å². The lowest BCUT2D eigenvalue weighted by molar-refractivity contribution is -0.114. The Morgan fingerprint density at radius 2 is 1.72 bits per heavy atom. The van der Waals surface area contributed by atoms with Gasteiger partial charge < -0.3 is 5.32 Å². The van der Waals surface area contributed by atoms with E-state index in [4.69, 9.17) is 16.7 Å². The molecular formula is C14H14ClN3O5S2. The minimum atomic E-state index is -4.03. The first-order valence-corrected chi connectivity index (χ1v) is 10.1. The van der Waals surface area contributed by atoms with Crippen LogP contribution in [0, 0.1) is 0 Å². The summed E-state index contributed by atoms with van der Waals surface area (Å²) in [6.45, 7) is 1.29. The molecule has 0 aliphatic carbocycles. The van der Waals surface area contributed by atoms with Gasteiger partial charge in [-0.15, -0.1) is 0 Å². The van der Waals surface area contributed by atoms with Gasteiger partial charge in [0.1, 0.15) is 0 Å². The number of carbonyl (C=O) groups excluding carboxylic acids is 1. The molecule has 0 saturated carbocycles. The number of nitrogens with one attached hydrogen (secondary N) is 2. The van der Waals surface area contributed by atoms with Gasteiger partial charge in [0.15, 0.2) is 0 Å². The second-order valence-electron chi connectivity index (χ2n) is 5.00. The van der Waals surface area contributed by atoms with Crippen molar-refractivity contribution in [2.75, 3.05) is 10.0 Å². The van der Waals surface area contributed by atoms with E-state index in [1.165, 1.54) is 43.3 Å². The fourth-order valence-corrected chi connectivity index (χ4v) is 3.83. The SMILES string of the molecule is CC(=O)Nc1ccc(S(=O)(=O)Nc2cccc(S(N)(=O)=O)c2)cc1Cl. The maximum Gasteiger partial charge on any atom is 0.261 e. The summed E-state index contributed by atoms with van der Waals surface area (Å²) in [5.74, 6) is -0.351. The van der Waals surface area contributed by atoms with Gasteiger partial charge in [0.05, 0.1) is 26.2 Å². The van der Waals surface area contributed by atoms with Gasteiger partial charge in [-0.1, -0.05) is 17.7 Å². The number of nitrogens with two attached hydrogens (primary N) is 1. The zero-order valence-electron chi connectivity index (χ0n) is 12.9. The van der Waals surface area contributed by atoms with Crippen molar-refractivity contribution in [2.24, 2.45) is 5.14 Å². The molecule has 25 heavy (non-hydrogen) atoms. The number of primary sulfonamides is 1. The Hall–Kier alpha value is -2.14. The Kier molecular flexibility index (Phi) is 5.37. The summed E-state index contributed by atoms with van der Waals surface area (Å²) in [5.41, 5.74) is 0.290. The number of anilines is 2. The maximum absolute atomic E-state index is 12.4. The summed E-state index contributed by atoms with van der Waals surface area (Å²) in [6, 6.07) is 8.83. The van der Waals surface area contributed by atoms with E-state index in [2.05, 4.69) is 10.0 Å². The zero-order chi connectivity index (χ0) is 18.8. The van der Waals surface area contributed by atoms with Crippen LogP contribution in [0.15, 0.2) is 52.3 Å². The molecule has 1 amide bonds. The normalized spacial score (nSPS) is 11.8. The molecule has 0 spiro atoms. The van der Waals surface area contributed by atoms with Crippen molar-refractivity contribution in [3.05, 3.63) is 47.5 Å². The van der Waals surface area contributed by atoms with Crippen molar-refractivity contribution >= 4 is 48.9 Å². The van der Waals surface area contributed by atoms with E-state index < -0.39 is 20.0 Å². The van der Waals surface area contributed by atoms with Crippen LogP contribution in [0.25, 0.3) is 0 Å². The van der Waals surface area contributed by atoms with Gasteiger partial charge in [0.25, 0.3) is 10.0 Å². The predicted molar refractivity (Wildman–Crippen MR) is 94.4 cm³/mol. The standard InChI is InChI=1S/C14H14ClN3O5S2/c1-9(19)17-14-6-5-12(8-13(14)15)25(22,23)18-10-3-2-4-11(7-10)24(16,20)21/h2-8,18H,1H3,(H,17,19)(H2,16,20,21). The Bertz CT molecular complexity index is 1040. The number of sulfonamides is 2. The molecule has 0 unspecified atom stereocenters. The van der Waals surface area contributed by atoms with Gasteiger partial charge >= 0.3 is 0 Å². The summed E-state index contributed by atoms with van der Waals surface area (Å²) in [5, 5.41) is 7.52. The lowest BCUT2D eigenvalue weighted by Crippen LogP contribution is -2.15. The first-order chi connectivity index (χ1) is 11.5. The van der Waals surface area contributed by atoms with Crippen LogP contribution < -0.4 is 15.2 Å². The number of rotatable bonds is 5. The first kappa shape index (κ1) is 19.2. The van der Waals surface area contributed by atoms with E-state index in [1.54, 1.807) is 0 Å². The highest BCUT2D eigenvalue weighted by Crippen LogP contribution is 2.26. The van der Waals surface area contributed by atoms with Gasteiger partial charge in [0, 0.05) is 6.92 Å². The van der Waals surface area contributed by atoms with Gasteiger partial charge in [-0.2, -0.15) is 0 Å². The molecule has 2 aromatic carbocycles. The summed E-state index contributed by atoms with van der Waals surface area (Å²) >= 11 is 5.96. The summed E-state index contributed by atoms with van der Waals surface area (Å²) in [7, 11) is -7.99. The average molecular weight is 404 g/mol. The van der Waals surface area contributed by atoms with Crippen LogP contribution in [0.5, 0.6) is 0 Å². The molecule has 0 aliphatic heterocycles. The predicted octanol–water partition coefficient (Wildman–Crippen LogP) is 1.75. The van der Waals surface area contributed by atoms with E-state index in [9.17, 15) is 21.6 Å². The zero-order valence-corrected chi connectivity index (χ0v) is 15.2. The highest BCUT2D eigenvalue weighted by molar-refractivity contribution is 7.92. The van der Waals surface area contributed by atoms with Gasteiger partial charge in [-0.05, 0) is 36.4 Å². The second-order valence-corrected chi connectivity index (χ2v) is 8.65. The maximum atomic E-state index is 12.4. The monoisotopic (exact) mass is 403 g/mol. The van der Waals surface area contributed by atoms with Crippen LogP contribution >= 0.6 is 11.6 Å². The molecule has 8 nitrogen and oxygen atoms in total. The van der Waals surface area contributed by atoms with Crippen molar-refractivity contribution < 1.29 is 21.6 Å². The van der Waals surface area contributed by atoms with Crippen molar-refractivity contribution in [1.29, 1.82) is 0 Å². The molecule has 0 saturated heterocycles. The molecule has 11 heteroatoms.